The summed E-state index contributed by atoms with van der Waals surface area (Å²) in [5.41, 5.74) is 2.49. The lowest BCUT2D eigenvalue weighted by molar-refractivity contribution is 0.118. The topological polar surface area (TPSA) is 75.7 Å². The first-order chi connectivity index (χ1) is 13.5. The van der Waals surface area contributed by atoms with E-state index in [1.807, 2.05) is 30.3 Å². The van der Waals surface area contributed by atoms with Crippen molar-refractivity contribution in [2.45, 2.75) is 17.9 Å². The van der Waals surface area contributed by atoms with Crippen LogP contribution in [0, 0.1) is 0 Å². The van der Waals surface area contributed by atoms with Crippen molar-refractivity contribution < 1.29 is 17.9 Å². The quantitative estimate of drug-likeness (QED) is 0.731. The number of carbonyl (C=O) groups is 1. The molecule has 3 aromatic carbocycles. The Morgan fingerprint density at radius 3 is 2.64 bits per heavy atom. The minimum atomic E-state index is -3.76. The first kappa shape index (κ1) is 18.3. The molecular formula is C21H20N2O4S. The van der Waals surface area contributed by atoms with E-state index in [0.717, 1.165) is 16.5 Å². The molecule has 28 heavy (non-hydrogen) atoms. The summed E-state index contributed by atoms with van der Waals surface area (Å²) >= 11 is 0. The number of amides is 1. The number of hydrogen-bond donors (Lipinski definition) is 1. The molecule has 0 saturated carbocycles. The first-order valence-corrected chi connectivity index (χ1v) is 10.4. The van der Waals surface area contributed by atoms with Gasteiger partial charge in [0.2, 0.25) is 0 Å². The second-order valence-electron chi connectivity index (χ2n) is 6.71. The van der Waals surface area contributed by atoms with Crippen LogP contribution in [-0.4, -0.2) is 33.1 Å². The molecule has 0 spiro atoms. The molecule has 0 saturated heterocycles. The Balaban J connectivity index is 1.65. The number of benzene rings is 3. The lowest BCUT2D eigenvalue weighted by atomic mass is 9.99. The van der Waals surface area contributed by atoms with Crippen LogP contribution in [0.4, 0.5) is 10.5 Å². The number of methoxy groups -OCH3 is 1. The van der Waals surface area contributed by atoms with E-state index in [1.165, 1.54) is 7.11 Å². The average molecular weight is 396 g/mol. The maximum Gasteiger partial charge on any atom is 0.409 e. The molecule has 0 aromatic heterocycles. The predicted octanol–water partition coefficient (Wildman–Crippen LogP) is 3.77. The van der Waals surface area contributed by atoms with E-state index in [0.29, 0.717) is 30.6 Å². The monoisotopic (exact) mass is 396 g/mol. The SMILES string of the molecule is COC(=O)N1CCc2ccc(NS(=O)(=O)c3cccc4ccccc34)cc2C1. The fourth-order valence-electron chi connectivity index (χ4n) is 3.55. The van der Waals surface area contributed by atoms with Crippen LogP contribution in [-0.2, 0) is 27.7 Å². The molecule has 1 amide bonds. The molecule has 0 aliphatic carbocycles. The van der Waals surface area contributed by atoms with Crippen molar-refractivity contribution in [2.24, 2.45) is 0 Å². The summed E-state index contributed by atoms with van der Waals surface area (Å²) in [7, 11) is -2.40. The van der Waals surface area contributed by atoms with Gasteiger partial charge in [-0.3, -0.25) is 4.72 Å². The van der Waals surface area contributed by atoms with Crippen LogP contribution >= 0.6 is 0 Å². The summed E-state index contributed by atoms with van der Waals surface area (Å²) in [4.78, 5) is 13.6. The van der Waals surface area contributed by atoms with Crippen LogP contribution in [0.5, 0.6) is 0 Å². The highest BCUT2D eigenvalue weighted by Gasteiger charge is 2.23. The molecule has 1 N–H and O–H groups in total. The second-order valence-corrected chi connectivity index (χ2v) is 8.36. The average Bonchev–Trinajstić information content (AvgIpc) is 2.72. The number of hydrogen-bond acceptors (Lipinski definition) is 4. The zero-order valence-electron chi connectivity index (χ0n) is 15.4. The summed E-state index contributed by atoms with van der Waals surface area (Å²) in [6, 6.07) is 18.0. The van der Waals surface area contributed by atoms with E-state index in [1.54, 1.807) is 35.2 Å². The molecule has 1 aliphatic heterocycles. The summed E-state index contributed by atoms with van der Waals surface area (Å²) in [6.07, 6.45) is 0.327. The smallest absolute Gasteiger partial charge is 0.409 e. The van der Waals surface area contributed by atoms with Gasteiger partial charge in [-0.15, -0.1) is 0 Å². The number of nitrogens with one attached hydrogen (secondary N) is 1. The molecular weight excluding hydrogens is 376 g/mol. The number of nitrogens with zero attached hydrogens (tertiary/aromatic N) is 1. The minimum absolute atomic E-state index is 0.236. The Morgan fingerprint density at radius 1 is 1.04 bits per heavy atom. The van der Waals surface area contributed by atoms with E-state index in [9.17, 15) is 13.2 Å². The molecule has 1 heterocycles. The van der Waals surface area contributed by atoms with Crippen molar-refractivity contribution in [1.82, 2.24) is 4.90 Å². The normalized spacial score (nSPS) is 13.8. The van der Waals surface area contributed by atoms with Crippen LogP contribution in [0.2, 0.25) is 0 Å². The van der Waals surface area contributed by atoms with Gasteiger partial charge in [0, 0.05) is 24.2 Å². The first-order valence-electron chi connectivity index (χ1n) is 8.93. The number of sulfonamides is 1. The maximum absolute atomic E-state index is 13.0. The second kappa shape index (κ2) is 7.16. The summed E-state index contributed by atoms with van der Waals surface area (Å²) in [5, 5.41) is 1.54. The molecule has 3 aromatic rings. The zero-order chi connectivity index (χ0) is 19.7. The molecule has 1 aliphatic rings. The van der Waals surface area contributed by atoms with Crippen LogP contribution in [0.3, 0.4) is 0 Å². The fraction of sp³-hybridized carbons (Fsp3) is 0.190. The lowest BCUT2D eigenvalue weighted by Gasteiger charge is -2.28. The van der Waals surface area contributed by atoms with Crippen molar-refractivity contribution in [2.75, 3.05) is 18.4 Å². The lowest BCUT2D eigenvalue weighted by Crippen LogP contribution is -2.35. The Kier molecular flexibility index (Phi) is 4.68. The molecule has 0 unspecified atom stereocenters. The third-order valence-electron chi connectivity index (χ3n) is 4.94. The van der Waals surface area contributed by atoms with Gasteiger partial charge in [-0.1, -0.05) is 42.5 Å². The van der Waals surface area contributed by atoms with Crippen molar-refractivity contribution >= 4 is 32.6 Å². The van der Waals surface area contributed by atoms with Crippen molar-refractivity contribution in [3.05, 3.63) is 71.8 Å². The molecule has 144 valence electrons. The van der Waals surface area contributed by atoms with Crippen LogP contribution in [0.1, 0.15) is 11.1 Å². The van der Waals surface area contributed by atoms with E-state index in [-0.39, 0.29) is 11.0 Å². The van der Waals surface area contributed by atoms with Gasteiger partial charge in [-0.2, -0.15) is 0 Å². The van der Waals surface area contributed by atoms with E-state index in [2.05, 4.69) is 4.72 Å². The van der Waals surface area contributed by atoms with Gasteiger partial charge in [0.1, 0.15) is 0 Å². The highest BCUT2D eigenvalue weighted by Crippen LogP contribution is 2.27. The van der Waals surface area contributed by atoms with Gasteiger partial charge in [0.25, 0.3) is 10.0 Å². The van der Waals surface area contributed by atoms with Crippen molar-refractivity contribution in [3.63, 3.8) is 0 Å². The van der Waals surface area contributed by atoms with Gasteiger partial charge in [0.15, 0.2) is 0 Å². The molecule has 0 radical (unpaired) electrons. The van der Waals surface area contributed by atoms with Crippen LogP contribution in [0.15, 0.2) is 65.6 Å². The van der Waals surface area contributed by atoms with Gasteiger partial charge >= 0.3 is 6.09 Å². The van der Waals surface area contributed by atoms with Crippen molar-refractivity contribution in [3.8, 4) is 0 Å². The molecule has 0 atom stereocenters. The van der Waals surface area contributed by atoms with E-state index < -0.39 is 10.0 Å². The van der Waals surface area contributed by atoms with Crippen LogP contribution < -0.4 is 4.72 Å². The molecule has 0 fully saturated rings. The number of carbonyl (C=O) groups excluding carboxylic acids is 1. The Hall–Kier alpha value is -3.06. The number of fused-ring (bicyclic) bond motifs is 2. The Bertz CT molecular complexity index is 1150. The molecule has 4 rings (SSSR count). The Morgan fingerprint density at radius 2 is 1.82 bits per heavy atom. The summed E-state index contributed by atoms with van der Waals surface area (Å²) in [5.74, 6) is 0. The predicted molar refractivity (Wildman–Crippen MR) is 108 cm³/mol. The molecule has 6 nitrogen and oxygen atoms in total. The standard InChI is InChI=1S/C21H20N2O4S/c1-27-21(24)23-12-11-15-9-10-18(13-17(15)14-23)22-28(25,26)20-8-4-6-16-5-2-3-7-19(16)20/h2-10,13,22H,11-12,14H2,1H3. The van der Waals surface area contributed by atoms with E-state index >= 15 is 0 Å². The minimum Gasteiger partial charge on any atom is -0.453 e. The third-order valence-corrected chi connectivity index (χ3v) is 6.38. The highest BCUT2D eigenvalue weighted by atomic mass is 32.2. The van der Waals surface area contributed by atoms with E-state index in [4.69, 9.17) is 4.74 Å². The molecule has 0 bridgehead atoms. The molecule has 7 heteroatoms. The fourth-order valence-corrected chi connectivity index (χ4v) is 4.83. The van der Waals surface area contributed by atoms with Gasteiger partial charge in [0.05, 0.1) is 12.0 Å². The van der Waals surface area contributed by atoms with Gasteiger partial charge in [-0.05, 0) is 41.1 Å². The van der Waals surface area contributed by atoms with Crippen molar-refractivity contribution in [1.29, 1.82) is 0 Å². The summed E-state index contributed by atoms with van der Waals surface area (Å²) < 4.78 is 33.5. The van der Waals surface area contributed by atoms with Gasteiger partial charge in [-0.25, -0.2) is 13.2 Å². The largest absolute Gasteiger partial charge is 0.453 e. The highest BCUT2D eigenvalue weighted by molar-refractivity contribution is 7.93. The third kappa shape index (κ3) is 3.41. The Labute approximate surface area is 163 Å². The van der Waals surface area contributed by atoms with Gasteiger partial charge < -0.3 is 9.64 Å². The zero-order valence-corrected chi connectivity index (χ0v) is 16.2. The maximum atomic E-state index is 13.0. The summed E-state index contributed by atoms with van der Waals surface area (Å²) in [6.45, 7) is 0.979. The number of rotatable bonds is 3. The number of ether oxygens (including phenoxy) is 1. The number of anilines is 1. The van der Waals surface area contributed by atoms with Crippen LogP contribution in [0.25, 0.3) is 10.8 Å².